The second kappa shape index (κ2) is 5.02. The highest BCUT2D eigenvalue weighted by Crippen LogP contribution is 2.14. The number of halogens is 2. The summed E-state index contributed by atoms with van der Waals surface area (Å²) in [6, 6.07) is 8.93. The number of ketones is 1. The monoisotopic (exact) mass is 307 g/mol. The molecular formula is C12H8BBrClNO. The summed E-state index contributed by atoms with van der Waals surface area (Å²) >= 11 is 9.21. The van der Waals surface area contributed by atoms with E-state index in [1.807, 2.05) is 20.0 Å². The summed E-state index contributed by atoms with van der Waals surface area (Å²) < 4.78 is 0.869. The second-order valence-corrected chi connectivity index (χ2v) is 4.98. The minimum absolute atomic E-state index is 0.105. The Bertz CT molecular complexity index is 588. The molecule has 0 atom stereocenters. The van der Waals surface area contributed by atoms with E-state index in [1.54, 1.807) is 18.2 Å². The molecule has 0 saturated carbocycles. The molecule has 0 unspecified atom stereocenters. The standard InChI is InChI=1S/C12H8BBrClNO/c13-9-5-11(16-6-10(9)15)12(17)7-2-1-3-8(14)4-7/h1-6H,13H2. The van der Waals surface area contributed by atoms with Crippen molar-refractivity contribution in [3.05, 3.63) is 57.3 Å². The van der Waals surface area contributed by atoms with E-state index in [-0.39, 0.29) is 5.78 Å². The van der Waals surface area contributed by atoms with Gasteiger partial charge in [-0.1, -0.05) is 45.1 Å². The molecule has 2 rings (SSSR count). The molecule has 0 saturated heterocycles. The van der Waals surface area contributed by atoms with E-state index in [1.165, 1.54) is 6.20 Å². The van der Waals surface area contributed by atoms with Crippen LogP contribution < -0.4 is 5.46 Å². The van der Waals surface area contributed by atoms with Crippen LogP contribution in [0.5, 0.6) is 0 Å². The van der Waals surface area contributed by atoms with Crippen LogP contribution in [0.1, 0.15) is 16.1 Å². The maximum Gasteiger partial charge on any atom is 0.211 e. The normalized spacial score (nSPS) is 10.2. The fraction of sp³-hybridized carbons (Fsp3) is 0. The van der Waals surface area contributed by atoms with Gasteiger partial charge in [-0.2, -0.15) is 0 Å². The van der Waals surface area contributed by atoms with Gasteiger partial charge in [-0.3, -0.25) is 9.78 Å². The van der Waals surface area contributed by atoms with Crippen LogP contribution in [0.4, 0.5) is 0 Å². The lowest BCUT2D eigenvalue weighted by Crippen LogP contribution is -2.12. The van der Waals surface area contributed by atoms with Gasteiger partial charge in [0.2, 0.25) is 5.78 Å². The Morgan fingerprint density at radius 3 is 2.76 bits per heavy atom. The summed E-state index contributed by atoms with van der Waals surface area (Å²) in [6.07, 6.45) is 1.50. The molecule has 0 aliphatic carbocycles. The van der Waals surface area contributed by atoms with Crippen LogP contribution in [0.25, 0.3) is 0 Å². The van der Waals surface area contributed by atoms with Gasteiger partial charge in [0.05, 0.1) is 5.02 Å². The van der Waals surface area contributed by atoms with Gasteiger partial charge in [0.25, 0.3) is 0 Å². The molecule has 0 amide bonds. The predicted octanol–water partition coefficient (Wildman–Crippen LogP) is 1.99. The number of carbonyl (C=O) groups excluding carboxylic acids is 1. The van der Waals surface area contributed by atoms with Crippen molar-refractivity contribution in [2.45, 2.75) is 0 Å². The van der Waals surface area contributed by atoms with Crippen molar-refractivity contribution in [3.8, 4) is 0 Å². The zero-order valence-corrected chi connectivity index (χ0v) is 11.4. The van der Waals surface area contributed by atoms with Gasteiger partial charge < -0.3 is 0 Å². The van der Waals surface area contributed by atoms with E-state index >= 15 is 0 Å². The fourth-order valence-electron chi connectivity index (χ4n) is 1.44. The third kappa shape index (κ3) is 2.76. The number of rotatable bonds is 2. The van der Waals surface area contributed by atoms with Crippen molar-refractivity contribution in [1.82, 2.24) is 4.98 Å². The zero-order chi connectivity index (χ0) is 12.4. The van der Waals surface area contributed by atoms with Crippen LogP contribution in [-0.2, 0) is 0 Å². The van der Waals surface area contributed by atoms with E-state index in [9.17, 15) is 4.79 Å². The van der Waals surface area contributed by atoms with Crippen LogP contribution in [0, 0.1) is 0 Å². The smallest absolute Gasteiger partial charge is 0.211 e. The Balaban J connectivity index is 2.40. The molecule has 0 N–H and O–H groups in total. The van der Waals surface area contributed by atoms with Crippen LogP contribution in [0.3, 0.4) is 0 Å². The maximum absolute atomic E-state index is 12.1. The molecule has 1 aromatic carbocycles. The molecule has 5 heteroatoms. The average molecular weight is 308 g/mol. The predicted molar refractivity (Wildman–Crippen MR) is 75.0 cm³/mol. The van der Waals surface area contributed by atoms with Crippen LogP contribution in [0.2, 0.25) is 5.02 Å². The molecule has 84 valence electrons. The van der Waals surface area contributed by atoms with Crippen LogP contribution >= 0.6 is 27.5 Å². The molecule has 0 bridgehead atoms. The second-order valence-electron chi connectivity index (χ2n) is 3.66. The third-order valence-electron chi connectivity index (χ3n) is 2.37. The van der Waals surface area contributed by atoms with E-state index < -0.39 is 0 Å². The zero-order valence-electron chi connectivity index (χ0n) is 9.08. The van der Waals surface area contributed by atoms with Gasteiger partial charge in [-0.15, -0.1) is 0 Å². The Kier molecular flexibility index (Phi) is 3.65. The summed E-state index contributed by atoms with van der Waals surface area (Å²) in [5, 5.41) is 0.566. The minimum Gasteiger partial charge on any atom is -0.287 e. The van der Waals surface area contributed by atoms with Crippen LogP contribution in [0.15, 0.2) is 41.0 Å². The Morgan fingerprint density at radius 1 is 1.35 bits per heavy atom. The Labute approximate surface area is 114 Å². The number of benzene rings is 1. The SMILES string of the molecule is Bc1cc(C(=O)c2cccc(Br)c2)ncc1Cl. The molecule has 17 heavy (non-hydrogen) atoms. The summed E-state index contributed by atoms with van der Waals surface area (Å²) in [5.41, 5.74) is 1.86. The molecule has 1 heterocycles. The maximum atomic E-state index is 12.1. The fourth-order valence-corrected chi connectivity index (χ4v) is 1.94. The van der Waals surface area contributed by atoms with Crippen molar-refractivity contribution in [3.63, 3.8) is 0 Å². The molecule has 0 aliphatic heterocycles. The van der Waals surface area contributed by atoms with E-state index in [2.05, 4.69) is 20.9 Å². The summed E-state index contributed by atoms with van der Waals surface area (Å²) in [4.78, 5) is 16.2. The van der Waals surface area contributed by atoms with Crippen molar-refractivity contribution in [1.29, 1.82) is 0 Å². The lowest BCUT2D eigenvalue weighted by atomic mass is 9.95. The topological polar surface area (TPSA) is 30.0 Å². The van der Waals surface area contributed by atoms with Gasteiger partial charge in [0, 0.05) is 16.2 Å². The Hall–Kier alpha value is -1.13. The average Bonchev–Trinajstić information content (AvgIpc) is 2.32. The number of pyridine rings is 1. The highest BCUT2D eigenvalue weighted by Gasteiger charge is 2.11. The lowest BCUT2D eigenvalue weighted by molar-refractivity contribution is 0.103. The number of nitrogens with zero attached hydrogens (tertiary/aromatic N) is 1. The van der Waals surface area contributed by atoms with Gasteiger partial charge in [0.1, 0.15) is 13.5 Å². The first-order valence-corrected chi connectivity index (χ1v) is 6.17. The third-order valence-corrected chi connectivity index (χ3v) is 3.26. The van der Waals surface area contributed by atoms with Gasteiger partial charge in [0.15, 0.2) is 0 Å². The minimum atomic E-state index is -0.105. The first kappa shape index (κ1) is 12.3. The van der Waals surface area contributed by atoms with Crippen LogP contribution in [-0.4, -0.2) is 18.6 Å². The number of hydrogen-bond acceptors (Lipinski definition) is 2. The largest absolute Gasteiger partial charge is 0.287 e. The molecule has 0 aliphatic rings. The van der Waals surface area contributed by atoms with E-state index in [0.717, 1.165) is 9.94 Å². The van der Waals surface area contributed by atoms with Crippen molar-refractivity contribution in [2.75, 3.05) is 0 Å². The highest BCUT2D eigenvalue weighted by molar-refractivity contribution is 9.10. The molecule has 2 aromatic rings. The first-order valence-electron chi connectivity index (χ1n) is 5.00. The number of carbonyl (C=O) groups is 1. The van der Waals surface area contributed by atoms with E-state index in [4.69, 9.17) is 11.6 Å². The number of aromatic nitrogens is 1. The summed E-state index contributed by atoms with van der Waals surface area (Å²) in [6.45, 7) is 0. The van der Waals surface area contributed by atoms with Crippen molar-refractivity contribution < 1.29 is 4.79 Å². The molecule has 1 aromatic heterocycles. The molecule has 0 fully saturated rings. The molecular weight excluding hydrogens is 300 g/mol. The number of hydrogen-bond donors (Lipinski definition) is 0. The van der Waals surface area contributed by atoms with Crippen molar-refractivity contribution in [2.24, 2.45) is 0 Å². The van der Waals surface area contributed by atoms with Gasteiger partial charge in [-0.25, -0.2) is 0 Å². The lowest BCUT2D eigenvalue weighted by Gasteiger charge is -2.03. The highest BCUT2D eigenvalue weighted by atomic mass is 79.9. The summed E-state index contributed by atoms with van der Waals surface area (Å²) in [7, 11) is 1.85. The summed E-state index contributed by atoms with van der Waals surface area (Å²) in [5.74, 6) is -0.105. The first-order chi connectivity index (χ1) is 8.08. The molecule has 2 nitrogen and oxygen atoms in total. The molecule has 0 spiro atoms. The van der Waals surface area contributed by atoms with Gasteiger partial charge in [-0.05, 0) is 18.2 Å². The van der Waals surface area contributed by atoms with E-state index in [0.29, 0.717) is 16.3 Å². The Morgan fingerprint density at radius 2 is 2.12 bits per heavy atom. The van der Waals surface area contributed by atoms with Crippen molar-refractivity contribution >= 4 is 46.6 Å². The molecule has 0 radical (unpaired) electrons. The quantitative estimate of drug-likeness (QED) is 0.627. The van der Waals surface area contributed by atoms with Gasteiger partial charge >= 0.3 is 0 Å².